The van der Waals surface area contributed by atoms with Crippen molar-refractivity contribution in [2.45, 2.75) is 27.7 Å². The highest BCUT2D eigenvalue weighted by Gasteiger charge is 2.19. The topological polar surface area (TPSA) is 75.1 Å². The number of rotatable bonds is 4. The maximum Gasteiger partial charge on any atom is 0.356 e. The van der Waals surface area contributed by atoms with Gasteiger partial charge in [0.1, 0.15) is 5.82 Å². The second-order valence-corrected chi connectivity index (χ2v) is 5.26. The summed E-state index contributed by atoms with van der Waals surface area (Å²) in [5, 5.41) is 19.2. The lowest BCUT2D eigenvalue weighted by molar-refractivity contribution is 0.0689. The molecule has 0 spiro atoms. The van der Waals surface area contributed by atoms with Crippen LogP contribution < -0.4 is 5.32 Å². The number of nitrogens with one attached hydrogen (secondary N) is 1. The Hall–Kier alpha value is -1.65. The van der Waals surface area contributed by atoms with Gasteiger partial charge in [0.2, 0.25) is 0 Å². The number of anilines is 1. The van der Waals surface area contributed by atoms with E-state index in [2.05, 4.69) is 43.2 Å². The van der Waals surface area contributed by atoms with Crippen molar-refractivity contribution < 1.29 is 9.90 Å². The molecule has 1 atom stereocenters. The van der Waals surface area contributed by atoms with Crippen molar-refractivity contribution in [1.29, 1.82) is 0 Å². The zero-order chi connectivity index (χ0) is 13.1. The summed E-state index contributed by atoms with van der Waals surface area (Å²) in [5.74, 6) is 0.0154. The second kappa shape index (κ2) is 5.12. The molecule has 1 heterocycles. The number of carbonyl (C=O) groups is 1. The molecule has 5 heteroatoms. The normalized spacial score (nSPS) is 13.2. The minimum Gasteiger partial charge on any atom is -0.476 e. The Morgan fingerprint density at radius 3 is 2.47 bits per heavy atom. The molecule has 0 aliphatic rings. The van der Waals surface area contributed by atoms with Crippen molar-refractivity contribution in [3.63, 3.8) is 0 Å². The zero-order valence-electron chi connectivity index (χ0n) is 10.7. The monoisotopic (exact) mass is 237 g/mol. The largest absolute Gasteiger partial charge is 0.476 e. The van der Waals surface area contributed by atoms with Crippen LogP contribution in [0.1, 0.15) is 38.2 Å². The molecule has 94 valence electrons. The van der Waals surface area contributed by atoms with E-state index in [0.717, 1.165) is 6.54 Å². The van der Waals surface area contributed by atoms with Gasteiger partial charge in [0, 0.05) is 6.54 Å². The molecule has 0 fully saturated rings. The van der Waals surface area contributed by atoms with Gasteiger partial charge in [-0.05, 0) is 23.5 Å². The van der Waals surface area contributed by atoms with Gasteiger partial charge in [-0.15, -0.1) is 10.2 Å². The molecule has 0 aliphatic carbocycles. The first kappa shape index (κ1) is 13.4. The minimum absolute atomic E-state index is 0.0422. The quantitative estimate of drug-likeness (QED) is 0.840. The molecule has 17 heavy (non-hydrogen) atoms. The first-order valence-corrected chi connectivity index (χ1v) is 5.61. The van der Waals surface area contributed by atoms with Crippen molar-refractivity contribution in [2.24, 2.45) is 11.3 Å². The summed E-state index contributed by atoms with van der Waals surface area (Å²) in [7, 11) is 0. The number of carboxylic acids is 1. The van der Waals surface area contributed by atoms with Gasteiger partial charge >= 0.3 is 5.97 Å². The molecule has 1 aromatic rings. The first-order chi connectivity index (χ1) is 7.80. The molecule has 0 amide bonds. The number of nitrogens with zero attached hydrogens (tertiary/aromatic N) is 2. The lowest BCUT2D eigenvalue weighted by Crippen LogP contribution is -2.25. The van der Waals surface area contributed by atoms with Crippen LogP contribution in [0.15, 0.2) is 12.1 Å². The number of carboxylic acid groups (broad SMARTS) is 1. The van der Waals surface area contributed by atoms with E-state index >= 15 is 0 Å². The van der Waals surface area contributed by atoms with Crippen LogP contribution in [0.5, 0.6) is 0 Å². The Labute approximate surface area is 101 Å². The fourth-order valence-electron chi connectivity index (χ4n) is 1.10. The van der Waals surface area contributed by atoms with E-state index in [1.807, 2.05) is 0 Å². The summed E-state index contributed by atoms with van der Waals surface area (Å²) < 4.78 is 0. The SMILES string of the molecule is CC(CNc1ccc(C(=O)O)nn1)C(C)(C)C. The third-order valence-corrected chi connectivity index (χ3v) is 2.95. The highest BCUT2D eigenvalue weighted by Crippen LogP contribution is 2.25. The van der Waals surface area contributed by atoms with Crippen LogP contribution >= 0.6 is 0 Å². The molecular weight excluding hydrogens is 218 g/mol. The zero-order valence-corrected chi connectivity index (χ0v) is 10.7. The van der Waals surface area contributed by atoms with Gasteiger partial charge in [0.05, 0.1) is 0 Å². The maximum absolute atomic E-state index is 10.6. The highest BCUT2D eigenvalue weighted by molar-refractivity contribution is 5.85. The lowest BCUT2D eigenvalue weighted by Gasteiger charge is -2.27. The molecule has 1 unspecified atom stereocenters. The number of hydrogen-bond donors (Lipinski definition) is 2. The third kappa shape index (κ3) is 4.01. The van der Waals surface area contributed by atoms with Gasteiger partial charge in [-0.1, -0.05) is 27.7 Å². The summed E-state index contributed by atoms with van der Waals surface area (Å²) in [6, 6.07) is 3.07. The van der Waals surface area contributed by atoms with E-state index in [1.54, 1.807) is 6.07 Å². The molecule has 0 bridgehead atoms. The fraction of sp³-hybridized carbons (Fsp3) is 0.583. The third-order valence-electron chi connectivity index (χ3n) is 2.95. The molecule has 0 aromatic carbocycles. The van der Waals surface area contributed by atoms with Crippen molar-refractivity contribution in [3.8, 4) is 0 Å². The molecule has 0 saturated heterocycles. The van der Waals surface area contributed by atoms with Crippen LogP contribution in [0.4, 0.5) is 5.82 Å². The standard InChI is InChI=1S/C12H19N3O2/c1-8(12(2,3)4)7-13-10-6-5-9(11(16)17)14-15-10/h5-6,8H,7H2,1-4H3,(H,13,15)(H,16,17). The Balaban J connectivity index is 2.56. The van der Waals surface area contributed by atoms with Gasteiger partial charge in [-0.3, -0.25) is 0 Å². The van der Waals surface area contributed by atoms with Gasteiger partial charge in [0.25, 0.3) is 0 Å². The fourth-order valence-corrected chi connectivity index (χ4v) is 1.10. The van der Waals surface area contributed by atoms with E-state index in [0.29, 0.717) is 11.7 Å². The molecule has 1 rings (SSSR count). The van der Waals surface area contributed by atoms with Crippen molar-refractivity contribution in [3.05, 3.63) is 17.8 Å². The number of hydrogen-bond acceptors (Lipinski definition) is 4. The van der Waals surface area contributed by atoms with E-state index < -0.39 is 5.97 Å². The summed E-state index contributed by atoms with van der Waals surface area (Å²) in [6.07, 6.45) is 0. The summed E-state index contributed by atoms with van der Waals surface area (Å²) >= 11 is 0. The van der Waals surface area contributed by atoms with Crippen LogP contribution in [-0.2, 0) is 0 Å². The Morgan fingerprint density at radius 1 is 1.41 bits per heavy atom. The Morgan fingerprint density at radius 2 is 2.06 bits per heavy atom. The second-order valence-electron chi connectivity index (χ2n) is 5.26. The molecular formula is C12H19N3O2. The molecule has 0 saturated carbocycles. The summed E-state index contributed by atoms with van der Waals surface area (Å²) in [6.45, 7) is 9.48. The van der Waals surface area contributed by atoms with Crippen LogP contribution in [-0.4, -0.2) is 27.8 Å². The first-order valence-electron chi connectivity index (χ1n) is 5.61. The molecule has 1 aromatic heterocycles. The molecule has 0 radical (unpaired) electrons. The van der Waals surface area contributed by atoms with Gasteiger partial charge in [-0.25, -0.2) is 4.79 Å². The van der Waals surface area contributed by atoms with E-state index in [-0.39, 0.29) is 11.1 Å². The Kier molecular flexibility index (Phi) is 4.04. The van der Waals surface area contributed by atoms with Crippen molar-refractivity contribution in [2.75, 3.05) is 11.9 Å². The van der Waals surface area contributed by atoms with Crippen molar-refractivity contribution >= 4 is 11.8 Å². The smallest absolute Gasteiger partial charge is 0.356 e. The van der Waals surface area contributed by atoms with Crippen LogP contribution in [0.2, 0.25) is 0 Å². The number of aromatic nitrogens is 2. The predicted octanol–water partition coefficient (Wildman–Crippen LogP) is 2.27. The van der Waals surface area contributed by atoms with E-state index in [1.165, 1.54) is 6.07 Å². The predicted molar refractivity (Wildman–Crippen MR) is 66.1 cm³/mol. The van der Waals surface area contributed by atoms with Crippen LogP contribution in [0, 0.1) is 11.3 Å². The van der Waals surface area contributed by atoms with E-state index in [9.17, 15) is 4.79 Å². The molecule has 2 N–H and O–H groups in total. The van der Waals surface area contributed by atoms with Gasteiger partial charge in [-0.2, -0.15) is 0 Å². The summed E-state index contributed by atoms with van der Waals surface area (Å²) in [4.78, 5) is 10.6. The molecule has 0 aliphatic heterocycles. The van der Waals surface area contributed by atoms with Crippen molar-refractivity contribution in [1.82, 2.24) is 10.2 Å². The summed E-state index contributed by atoms with van der Waals surface area (Å²) in [5.41, 5.74) is 0.181. The van der Waals surface area contributed by atoms with Crippen LogP contribution in [0.3, 0.4) is 0 Å². The minimum atomic E-state index is -1.06. The average Bonchev–Trinajstić information content (AvgIpc) is 2.25. The number of aromatic carboxylic acids is 1. The van der Waals surface area contributed by atoms with Gasteiger partial charge < -0.3 is 10.4 Å². The highest BCUT2D eigenvalue weighted by atomic mass is 16.4. The van der Waals surface area contributed by atoms with Crippen LogP contribution in [0.25, 0.3) is 0 Å². The average molecular weight is 237 g/mol. The molecule has 5 nitrogen and oxygen atoms in total. The Bertz CT molecular complexity index is 382. The van der Waals surface area contributed by atoms with E-state index in [4.69, 9.17) is 5.11 Å². The van der Waals surface area contributed by atoms with Gasteiger partial charge in [0.15, 0.2) is 5.69 Å². The lowest BCUT2D eigenvalue weighted by atomic mass is 9.82. The maximum atomic E-state index is 10.6.